The Morgan fingerprint density at radius 2 is 2.33 bits per heavy atom. The quantitative estimate of drug-likeness (QED) is 0.695. The van der Waals surface area contributed by atoms with Gasteiger partial charge in [-0.15, -0.1) is 0 Å². The van der Waals surface area contributed by atoms with E-state index in [1.54, 1.807) is 0 Å². The van der Waals surface area contributed by atoms with Crippen molar-refractivity contribution in [3.63, 3.8) is 0 Å². The van der Waals surface area contributed by atoms with Crippen molar-refractivity contribution in [1.82, 2.24) is 0 Å². The summed E-state index contributed by atoms with van der Waals surface area (Å²) in [6.45, 7) is 3.97. The predicted octanol–water partition coefficient (Wildman–Crippen LogP) is 0.986. The summed E-state index contributed by atoms with van der Waals surface area (Å²) < 4.78 is 10.1. The molecule has 0 aromatic carbocycles. The lowest BCUT2D eigenvalue weighted by atomic mass is 10.3. The minimum Gasteiger partial charge on any atom is -0.469 e. The first-order valence-corrected chi connectivity index (χ1v) is 5.03. The first-order valence-electron chi connectivity index (χ1n) is 5.03. The Hall–Kier alpha value is -1.51. The number of carbonyl (C=O) groups excluding carboxylic acids is 1. The van der Waals surface area contributed by atoms with Crippen LogP contribution >= 0.6 is 0 Å². The van der Waals surface area contributed by atoms with E-state index in [0.717, 1.165) is 17.1 Å². The second-order valence-electron chi connectivity index (χ2n) is 3.19. The highest BCUT2D eigenvalue weighted by Gasteiger charge is 2.06. The van der Waals surface area contributed by atoms with Crippen molar-refractivity contribution in [3.8, 4) is 0 Å². The number of carbonyl (C=O) groups is 1. The minimum atomic E-state index is -0.283. The molecule has 0 atom stereocenters. The van der Waals surface area contributed by atoms with Crippen LogP contribution in [0.3, 0.4) is 0 Å². The zero-order valence-electron chi connectivity index (χ0n) is 9.37. The fourth-order valence-electron chi connectivity index (χ4n) is 1.38. The average Bonchev–Trinajstić information content (AvgIpc) is 2.61. The van der Waals surface area contributed by atoms with Crippen LogP contribution in [0.1, 0.15) is 26.0 Å². The molecule has 0 radical (unpaired) electrons. The molecule has 1 heterocycles. The lowest BCUT2D eigenvalue weighted by Gasteiger charge is -1.93. The van der Waals surface area contributed by atoms with Gasteiger partial charge in [0.1, 0.15) is 17.6 Å². The maximum atomic E-state index is 11.0. The summed E-state index contributed by atoms with van der Waals surface area (Å²) in [7, 11) is 1.37. The van der Waals surface area contributed by atoms with Gasteiger partial charge in [-0.25, -0.2) is 0 Å². The van der Waals surface area contributed by atoms with E-state index < -0.39 is 0 Å². The smallest absolute Gasteiger partial charge is 0.313 e. The first-order chi connectivity index (χ1) is 7.21. The van der Waals surface area contributed by atoms with Crippen molar-refractivity contribution < 1.29 is 13.9 Å². The molecule has 0 bridgehead atoms. The number of esters is 1. The van der Waals surface area contributed by atoms with Crippen LogP contribution in [-0.4, -0.2) is 13.1 Å². The van der Waals surface area contributed by atoms with Gasteiger partial charge in [0.05, 0.1) is 7.11 Å². The number of rotatable bonds is 3. The highest BCUT2D eigenvalue weighted by molar-refractivity contribution is 5.71. The molecule has 0 spiro atoms. The van der Waals surface area contributed by atoms with Crippen molar-refractivity contribution in [3.05, 3.63) is 22.5 Å². The second-order valence-corrected chi connectivity index (χ2v) is 3.19. The van der Waals surface area contributed by atoms with Gasteiger partial charge in [0.15, 0.2) is 0 Å². The maximum Gasteiger partial charge on any atom is 0.313 e. The molecule has 3 nitrogen and oxygen atoms in total. The van der Waals surface area contributed by atoms with Gasteiger partial charge in [-0.1, -0.05) is 13.0 Å². The number of furan rings is 1. The van der Waals surface area contributed by atoms with E-state index in [1.807, 2.05) is 19.1 Å². The molecule has 0 aliphatic carbocycles. The number of methoxy groups -OCH3 is 1. The molecular formula is C12H16O3. The van der Waals surface area contributed by atoms with Crippen LogP contribution in [0.5, 0.6) is 0 Å². The van der Waals surface area contributed by atoms with Crippen LogP contribution in [0.4, 0.5) is 0 Å². The molecule has 1 aromatic rings. The highest BCUT2D eigenvalue weighted by atomic mass is 16.5. The van der Waals surface area contributed by atoms with E-state index >= 15 is 0 Å². The third kappa shape index (κ3) is 2.98. The van der Waals surface area contributed by atoms with Crippen LogP contribution in [0, 0.1) is 0 Å². The zero-order chi connectivity index (χ0) is 11.3. The summed E-state index contributed by atoms with van der Waals surface area (Å²) in [6, 6.07) is 1.88. The van der Waals surface area contributed by atoms with Crippen LogP contribution in [0.2, 0.25) is 0 Å². The van der Waals surface area contributed by atoms with Crippen molar-refractivity contribution >= 4 is 18.1 Å². The molecular weight excluding hydrogens is 192 g/mol. The molecule has 0 aliphatic heterocycles. The molecule has 3 heteroatoms. The molecule has 0 amide bonds. The Morgan fingerprint density at radius 3 is 2.87 bits per heavy atom. The highest BCUT2D eigenvalue weighted by Crippen LogP contribution is 1.95. The van der Waals surface area contributed by atoms with E-state index in [4.69, 9.17) is 4.42 Å². The Labute approximate surface area is 89.0 Å². The third-order valence-corrected chi connectivity index (χ3v) is 2.07. The standard InChI is InChI=1S/C12H16O3/c1-4-6-9-7-10(8-12(13)14-3)15-11(9)5-2/h5-7H,4,8H2,1-3H3/b9-6-,11-5+. The Kier molecular flexibility index (Phi) is 4.16. The fourth-order valence-corrected chi connectivity index (χ4v) is 1.38. The minimum absolute atomic E-state index is 0.189. The molecule has 0 saturated carbocycles. The monoisotopic (exact) mass is 208 g/mol. The van der Waals surface area contributed by atoms with Gasteiger partial charge >= 0.3 is 5.97 Å². The van der Waals surface area contributed by atoms with Crippen LogP contribution in [0.25, 0.3) is 12.2 Å². The summed E-state index contributed by atoms with van der Waals surface area (Å²) in [5.74, 6) is 0.365. The molecule has 0 fully saturated rings. The first kappa shape index (κ1) is 11.6. The number of hydrogen-bond donors (Lipinski definition) is 0. The van der Waals surface area contributed by atoms with Gasteiger partial charge in [0, 0.05) is 5.22 Å². The molecule has 15 heavy (non-hydrogen) atoms. The van der Waals surface area contributed by atoms with Gasteiger partial charge in [-0.3, -0.25) is 4.79 Å². The Morgan fingerprint density at radius 1 is 1.60 bits per heavy atom. The normalized spacial score (nSPS) is 13.3. The van der Waals surface area contributed by atoms with Gasteiger partial charge in [0.2, 0.25) is 0 Å². The van der Waals surface area contributed by atoms with Gasteiger partial charge in [0.25, 0.3) is 0 Å². The predicted molar refractivity (Wildman–Crippen MR) is 58.6 cm³/mol. The third-order valence-electron chi connectivity index (χ3n) is 2.07. The lowest BCUT2D eigenvalue weighted by Crippen LogP contribution is -2.18. The number of hydrogen-bond acceptors (Lipinski definition) is 3. The average molecular weight is 208 g/mol. The van der Waals surface area contributed by atoms with Gasteiger partial charge in [-0.05, 0) is 25.5 Å². The molecule has 82 valence electrons. The molecule has 0 N–H and O–H groups in total. The Balaban J connectivity index is 3.04. The summed E-state index contributed by atoms with van der Waals surface area (Å²) in [4.78, 5) is 11.0. The summed E-state index contributed by atoms with van der Waals surface area (Å²) in [5.41, 5.74) is 0.816. The van der Waals surface area contributed by atoms with Crippen LogP contribution < -0.4 is 10.6 Å². The topological polar surface area (TPSA) is 39.4 Å². The lowest BCUT2D eigenvalue weighted by molar-refractivity contribution is -0.140. The maximum absolute atomic E-state index is 11.0. The van der Waals surface area contributed by atoms with Crippen molar-refractivity contribution in [1.29, 1.82) is 0 Å². The summed E-state index contributed by atoms with van der Waals surface area (Å²) >= 11 is 0. The largest absolute Gasteiger partial charge is 0.469 e. The van der Waals surface area contributed by atoms with Gasteiger partial charge < -0.3 is 9.15 Å². The van der Waals surface area contributed by atoms with Crippen LogP contribution in [-0.2, 0) is 16.0 Å². The Bertz CT molecular complexity index is 440. The molecule has 0 aliphatic rings. The van der Waals surface area contributed by atoms with E-state index in [1.165, 1.54) is 7.11 Å². The van der Waals surface area contributed by atoms with E-state index in [-0.39, 0.29) is 12.4 Å². The molecule has 0 unspecified atom stereocenters. The molecule has 1 aromatic heterocycles. The summed E-state index contributed by atoms with van der Waals surface area (Å²) in [5, 5.41) is 1.04. The second kappa shape index (κ2) is 5.39. The van der Waals surface area contributed by atoms with E-state index in [0.29, 0.717) is 5.76 Å². The molecule has 1 rings (SSSR count). The summed E-state index contributed by atoms with van der Waals surface area (Å²) in [6.07, 6.45) is 5.09. The van der Waals surface area contributed by atoms with Crippen molar-refractivity contribution in [2.45, 2.75) is 26.7 Å². The van der Waals surface area contributed by atoms with Crippen molar-refractivity contribution in [2.24, 2.45) is 0 Å². The van der Waals surface area contributed by atoms with Crippen LogP contribution in [0.15, 0.2) is 10.5 Å². The number of ether oxygens (including phenoxy) is 1. The van der Waals surface area contributed by atoms with Crippen molar-refractivity contribution in [2.75, 3.05) is 7.11 Å². The molecule has 0 saturated heterocycles. The zero-order valence-corrected chi connectivity index (χ0v) is 9.37. The van der Waals surface area contributed by atoms with E-state index in [2.05, 4.69) is 17.7 Å². The fraction of sp³-hybridized carbons (Fsp3) is 0.417. The van der Waals surface area contributed by atoms with Gasteiger partial charge in [-0.2, -0.15) is 0 Å². The van der Waals surface area contributed by atoms with E-state index in [9.17, 15) is 4.79 Å². The SMILES string of the molecule is C/C=c1/oc(CC(=O)OC)c/c1=C/CC.